The third-order valence-electron chi connectivity index (χ3n) is 4.01. The molecule has 4 heteroatoms. The Kier molecular flexibility index (Phi) is 4.18. The van der Waals surface area contributed by atoms with E-state index in [0.29, 0.717) is 10.7 Å². The van der Waals surface area contributed by atoms with Crippen molar-refractivity contribution in [1.82, 2.24) is 9.55 Å². The van der Waals surface area contributed by atoms with Gasteiger partial charge in [0.25, 0.3) is 0 Å². The molecule has 0 aliphatic carbocycles. The average Bonchev–Trinajstić information content (AvgIpc) is 2.85. The smallest absolute Gasteiger partial charge is 0.129 e. The second-order valence-corrected chi connectivity index (χ2v) is 5.94. The van der Waals surface area contributed by atoms with Crippen LogP contribution in [0.4, 0.5) is 0 Å². The van der Waals surface area contributed by atoms with Gasteiger partial charge in [-0.2, -0.15) is 5.26 Å². The van der Waals surface area contributed by atoms with Crippen LogP contribution in [0.25, 0.3) is 11.1 Å². The summed E-state index contributed by atoms with van der Waals surface area (Å²) in [7, 11) is 0. The van der Waals surface area contributed by atoms with Crippen LogP contribution in [0, 0.1) is 25.2 Å². The van der Waals surface area contributed by atoms with Crippen LogP contribution in [0.2, 0.25) is 5.15 Å². The van der Waals surface area contributed by atoms with E-state index in [9.17, 15) is 0 Å². The molecular formula is C19H16ClN3. The molecule has 0 bridgehead atoms. The summed E-state index contributed by atoms with van der Waals surface area (Å²) in [6.07, 6.45) is 1.80. The maximum absolute atomic E-state index is 9.08. The lowest BCUT2D eigenvalue weighted by atomic mass is 10.0. The van der Waals surface area contributed by atoms with Crippen LogP contribution in [0.5, 0.6) is 0 Å². The minimum absolute atomic E-state index is 0.503. The number of benzene rings is 1. The van der Waals surface area contributed by atoms with E-state index in [4.69, 9.17) is 16.9 Å². The summed E-state index contributed by atoms with van der Waals surface area (Å²) < 4.78 is 2.25. The van der Waals surface area contributed by atoms with Crippen LogP contribution in [0.15, 0.2) is 48.7 Å². The largest absolute Gasteiger partial charge is 0.344 e. The van der Waals surface area contributed by atoms with Crippen molar-refractivity contribution in [3.05, 3.63) is 76.3 Å². The molecule has 0 saturated heterocycles. The first kappa shape index (κ1) is 15.3. The molecule has 2 heterocycles. The summed E-state index contributed by atoms with van der Waals surface area (Å²) in [5, 5.41) is 9.59. The molecule has 0 atom stereocenters. The Morgan fingerprint density at radius 2 is 2.00 bits per heavy atom. The lowest BCUT2D eigenvalue weighted by Crippen LogP contribution is -2.04. The third kappa shape index (κ3) is 3.13. The molecule has 0 saturated carbocycles. The SMILES string of the molecule is Cc1cc(-c2cccc(C#N)c2)c(C)n1Cc1ccc(Cl)nc1. The van der Waals surface area contributed by atoms with Crippen LogP contribution in [0.1, 0.15) is 22.5 Å². The molecule has 0 N–H and O–H groups in total. The first-order chi connectivity index (χ1) is 11.1. The van der Waals surface area contributed by atoms with Gasteiger partial charge in [-0.3, -0.25) is 0 Å². The zero-order valence-electron chi connectivity index (χ0n) is 13.0. The highest BCUT2D eigenvalue weighted by atomic mass is 35.5. The molecule has 2 aromatic heterocycles. The van der Waals surface area contributed by atoms with E-state index in [-0.39, 0.29) is 0 Å². The summed E-state index contributed by atoms with van der Waals surface area (Å²) in [4.78, 5) is 4.14. The molecule has 3 rings (SSSR count). The van der Waals surface area contributed by atoms with E-state index in [1.807, 2.05) is 36.4 Å². The Bertz CT molecular complexity index is 886. The zero-order valence-corrected chi connectivity index (χ0v) is 13.8. The normalized spacial score (nSPS) is 10.5. The molecule has 0 aliphatic rings. The summed E-state index contributed by atoms with van der Waals surface area (Å²) in [6, 6.07) is 15.9. The van der Waals surface area contributed by atoms with Crippen molar-refractivity contribution in [2.75, 3.05) is 0 Å². The topological polar surface area (TPSA) is 41.6 Å². The van der Waals surface area contributed by atoms with Gasteiger partial charge in [0.1, 0.15) is 5.15 Å². The van der Waals surface area contributed by atoms with Crippen LogP contribution in [0.3, 0.4) is 0 Å². The predicted molar refractivity (Wildman–Crippen MR) is 92.4 cm³/mol. The zero-order chi connectivity index (χ0) is 16.4. The third-order valence-corrected chi connectivity index (χ3v) is 4.23. The molecule has 0 spiro atoms. The van der Waals surface area contributed by atoms with Crippen molar-refractivity contribution in [3.63, 3.8) is 0 Å². The van der Waals surface area contributed by atoms with Gasteiger partial charge in [-0.25, -0.2) is 4.98 Å². The van der Waals surface area contributed by atoms with Gasteiger partial charge in [0, 0.05) is 29.7 Å². The fourth-order valence-corrected chi connectivity index (χ4v) is 2.89. The minimum atomic E-state index is 0.503. The summed E-state index contributed by atoms with van der Waals surface area (Å²) >= 11 is 5.85. The van der Waals surface area contributed by atoms with Crippen molar-refractivity contribution in [1.29, 1.82) is 5.26 Å². The Balaban J connectivity index is 1.99. The lowest BCUT2D eigenvalue weighted by Gasteiger charge is -2.10. The number of aryl methyl sites for hydroxylation is 1. The first-order valence-electron chi connectivity index (χ1n) is 7.36. The van der Waals surface area contributed by atoms with Crippen LogP contribution in [-0.4, -0.2) is 9.55 Å². The Hall–Kier alpha value is -2.57. The van der Waals surface area contributed by atoms with E-state index < -0.39 is 0 Å². The molecule has 114 valence electrons. The Labute approximate surface area is 140 Å². The highest BCUT2D eigenvalue weighted by molar-refractivity contribution is 6.29. The quantitative estimate of drug-likeness (QED) is 0.654. The van der Waals surface area contributed by atoms with E-state index in [1.54, 1.807) is 6.20 Å². The number of halogens is 1. The average molecular weight is 322 g/mol. The molecule has 3 aromatic rings. The molecule has 3 nitrogen and oxygen atoms in total. The number of nitrogens with zero attached hydrogens (tertiary/aromatic N) is 3. The number of nitriles is 1. The summed E-state index contributed by atoms with van der Waals surface area (Å²) in [6.45, 7) is 4.94. The van der Waals surface area contributed by atoms with Gasteiger partial charge in [-0.05, 0) is 49.2 Å². The monoisotopic (exact) mass is 321 g/mol. The number of rotatable bonds is 3. The van der Waals surface area contributed by atoms with E-state index in [2.05, 4.69) is 35.5 Å². The standard InChI is InChI=1S/C19H16ClN3/c1-13-8-18(17-5-3-4-15(9-17)10-21)14(2)23(13)12-16-6-7-19(20)22-11-16/h3-9,11H,12H2,1-2H3. The maximum Gasteiger partial charge on any atom is 0.129 e. The van der Waals surface area contributed by atoms with Crippen molar-refractivity contribution < 1.29 is 0 Å². The Morgan fingerprint density at radius 1 is 1.17 bits per heavy atom. The highest BCUT2D eigenvalue weighted by Gasteiger charge is 2.11. The fourth-order valence-electron chi connectivity index (χ4n) is 2.78. The second kappa shape index (κ2) is 6.28. The molecular weight excluding hydrogens is 306 g/mol. The second-order valence-electron chi connectivity index (χ2n) is 5.55. The number of hydrogen-bond acceptors (Lipinski definition) is 2. The molecule has 0 fully saturated rings. The van der Waals surface area contributed by atoms with Crippen LogP contribution >= 0.6 is 11.6 Å². The van der Waals surface area contributed by atoms with Gasteiger partial charge in [-0.15, -0.1) is 0 Å². The summed E-state index contributed by atoms with van der Waals surface area (Å²) in [5.74, 6) is 0. The van der Waals surface area contributed by atoms with Crippen molar-refractivity contribution in [2.45, 2.75) is 20.4 Å². The molecule has 23 heavy (non-hydrogen) atoms. The molecule has 0 unspecified atom stereocenters. The molecule has 0 radical (unpaired) electrons. The number of hydrogen-bond donors (Lipinski definition) is 0. The first-order valence-corrected chi connectivity index (χ1v) is 7.74. The van der Waals surface area contributed by atoms with E-state index in [0.717, 1.165) is 23.2 Å². The van der Waals surface area contributed by atoms with E-state index >= 15 is 0 Å². The van der Waals surface area contributed by atoms with Crippen molar-refractivity contribution in [2.24, 2.45) is 0 Å². The van der Waals surface area contributed by atoms with Crippen LogP contribution in [-0.2, 0) is 6.54 Å². The van der Waals surface area contributed by atoms with Crippen molar-refractivity contribution in [3.8, 4) is 17.2 Å². The summed E-state index contributed by atoms with van der Waals surface area (Å²) in [5.41, 5.74) is 6.35. The Morgan fingerprint density at radius 3 is 2.70 bits per heavy atom. The van der Waals surface area contributed by atoms with Gasteiger partial charge in [0.2, 0.25) is 0 Å². The lowest BCUT2D eigenvalue weighted by molar-refractivity contribution is 0.747. The maximum atomic E-state index is 9.08. The van der Waals surface area contributed by atoms with Crippen LogP contribution < -0.4 is 0 Å². The van der Waals surface area contributed by atoms with Crippen molar-refractivity contribution >= 4 is 11.6 Å². The minimum Gasteiger partial charge on any atom is -0.344 e. The highest BCUT2D eigenvalue weighted by Crippen LogP contribution is 2.28. The molecule has 0 amide bonds. The van der Waals surface area contributed by atoms with Gasteiger partial charge in [0.15, 0.2) is 0 Å². The van der Waals surface area contributed by atoms with Gasteiger partial charge in [-0.1, -0.05) is 29.8 Å². The molecule has 0 aliphatic heterocycles. The fraction of sp³-hybridized carbons (Fsp3) is 0.158. The van der Waals surface area contributed by atoms with Gasteiger partial charge >= 0.3 is 0 Å². The predicted octanol–water partition coefficient (Wildman–Crippen LogP) is 4.74. The van der Waals surface area contributed by atoms with Gasteiger partial charge < -0.3 is 4.57 Å². The van der Waals surface area contributed by atoms with Gasteiger partial charge in [0.05, 0.1) is 11.6 Å². The number of aromatic nitrogens is 2. The number of pyridine rings is 1. The van der Waals surface area contributed by atoms with E-state index in [1.165, 1.54) is 11.4 Å². The molecule has 1 aromatic carbocycles.